The van der Waals surface area contributed by atoms with Crippen molar-refractivity contribution in [1.82, 2.24) is 5.32 Å². The smallest absolute Gasteiger partial charge is 0.00104 e. The normalized spacial score (nSPS) is 13.8. The Morgan fingerprint density at radius 1 is 1.10 bits per heavy atom. The molecule has 0 aliphatic carbocycles. The predicted molar refractivity (Wildman–Crippen MR) is 90.2 cm³/mol. The van der Waals surface area contributed by atoms with Gasteiger partial charge in [0.25, 0.3) is 0 Å². The Labute approximate surface area is 126 Å². The molecule has 1 N–H and O–H groups in total. The van der Waals surface area contributed by atoms with E-state index < -0.39 is 0 Å². The Bertz CT molecular complexity index is 387. The van der Waals surface area contributed by atoms with Gasteiger partial charge in [-0.1, -0.05) is 58.9 Å². The molecule has 1 nitrogen and oxygen atoms in total. The maximum atomic E-state index is 3.62. The molecule has 0 fully saturated rings. The molecule has 1 rings (SSSR count). The second-order valence-electron chi connectivity index (χ2n) is 7.66. The van der Waals surface area contributed by atoms with Crippen molar-refractivity contribution in [2.45, 2.75) is 66.8 Å². The van der Waals surface area contributed by atoms with Crippen molar-refractivity contribution >= 4 is 0 Å². The van der Waals surface area contributed by atoms with Crippen LogP contribution < -0.4 is 5.32 Å². The molecule has 0 saturated heterocycles. The second kappa shape index (κ2) is 7.83. The topological polar surface area (TPSA) is 12.0 Å². The van der Waals surface area contributed by atoms with E-state index in [9.17, 15) is 0 Å². The first-order valence-corrected chi connectivity index (χ1v) is 8.06. The van der Waals surface area contributed by atoms with Crippen LogP contribution in [0.25, 0.3) is 0 Å². The SMILES string of the molecule is Cc1ccccc1CC(CCC(C)(C)C)CNC(C)C. The van der Waals surface area contributed by atoms with E-state index in [-0.39, 0.29) is 0 Å². The molecule has 1 unspecified atom stereocenters. The first kappa shape index (κ1) is 17.2. The number of aryl methyl sites for hydroxylation is 1. The Kier molecular flexibility index (Phi) is 6.75. The van der Waals surface area contributed by atoms with Crippen LogP contribution in [-0.2, 0) is 6.42 Å². The van der Waals surface area contributed by atoms with Gasteiger partial charge in [0.1, 0.15) is 0 Å². The lowest BCUT2D eigenvalue weighted by molar-refractivity contribution is 0.310. The monoisotopic (exact) mass is 275 g/mol. The number of hydrogen-bond donors (Lipinski definition) is 1. The minimum Gasteiger partial charge on any atom is -0.314 e. The molecule has 1 aromatic carbocycles. The summed E-state index contributed by atoms with van der Waals surface area (Å²) in [5.41, 5.74) is 3.37. The number of rotatable bonds is 7. The summed E-state index contributed by atoms with van der Waals surface area (Å²) in [4.78, 5) is 0. The van der Waals surface area contributed by atoms with Gasteiger partial charge in [-0.25, -0.2) is 0 Å². The lowest BCUT2D eigenvalue weighted by Gasteiger charge is -2.25. The lowest BCUT2D eigenvalue weighted by atomic mass is 9.84. The van der Waals surface area contributed by atoms with Crippen molar-refractivity contribution in [3.63, 3.8) is 0 Å². The molecule has 1 aromatic rings. The largest absolute Gasteiger partial charge is 0.314 e. The van der Waals surface area contributed by atoms with Crippen LogP contribution in [0.15, 0.2) is 24.3 Å². The van der Waals surface area contributed by atoms with Crippen LogP contribution in [0, 0.1) is 18.3 Å². The van der Waals surface area contributed by atoms with Crippen LogP contribution in [0.2, 0.25) is 0 Å². The van der Waals surface area contributed by atoms with Crippen molar-refractivity contribution in [2.75, 3.05) is 6.54 Å². The standard InChI is InChI=1S/C19H33N/c1-15(2)20-14-17(11-12-19(4,5)6)13-18-10-8-7-9-16(18)3/h7-10,15,17,20H,11-14H2,1-6H3. The van der Waals surface area contributed by atoms with Gasteiger partial charge in [0, 0.05) is 6.04 Å². The highest BCUT2D eigenvalue weighted by molar-refractivity contribution is 5.25. The van der Waals surface area contributed by atoms with Gasteiger partial charge in [-0.3, -0.25) is 0 Å². The van der Waals surface area contributed by atoms with E-state index in [1.54, 1.807) is 0 Å². The van der Waals surface area contributed by atoms with Gasteiger partial charge in [0.05, 0.1) is 0 Å². The third-order valence-electron chi connectivity index (χ3n) is 3.89. The van der Waals surface area contributed by atoms with E-state index in [0.29, 0.717) is 11.5 Å². The van der Waals surface area contributed by atoms with Crippen molar-refractivity contribution < 1.29 is 0 Å². The van der Waals surface area contributed by atoms with Gasteiger partial charge in [0.15, 0.2) is 0 Å². The number of benzene rings is 1. The predicted octanol–water partition coefficient (Wildman–Crippen LogP) is 4.98. The molecule has 20 heavy (non-hydrogen) atoms. The maximum Gasteiger partial charge on any atom is 0.00104 e. The second-order valence-corrected chi connectivity index (χ2v) is 7.66. The zero-order chi connectivity index (χ0) is 15.2. The molecule has 0 bridgehead atoms. The minimum atomic E-state index is 0.432. The van der Waals surface area contributed by atoms with Crippen LogP contribution >= 0.6 is 0 Å². The molecular weight excluding hydrogens is 242 g/mol. The number of hydrogen-bond acceptors (Lipinski definition) is 1. The molecule has 1 heteroatoms. The third kappa shape index (κ3) is 7.09. The molecule has 0 saturated carbocycles. The van der Waals surface area contributed by atoms with Gasteiger partial charge >= 0.3 is 0 Å². The van der Waals surface area contributed by atoms with Gasteiger partial charge < -0.3 is 5.32 Å². The highest BCUT2D eigenvalue weighted by Gasteiger charge is 2.16. The molecule has 1 atom stereocenters. The molecule has 0 aliphatic heterocycles. The summed E-state index contributed by atoms with van der Waals surface area (Å²) >= 11 is 0. The summed E-state index contributed by atoms with van der Waals surface area (Å²) in [6.45, 7) is 14.8. The molecule has 0 amide bonds. The summed E-state index contributed by atoms with van der Waals surface area (Å²) in [5.74, 6) is 0.734. The van der Waals surface area contributed by atoms with E-state index in [2.05, 4.69) is 71.1 Å². The van der Waals surface area contributed by atoms with Crippen LogP contribution in [-0.4, -0.2) is 12.6 Å². The highest BCUT2D eigenvalue weighted by atomic mass is 14.9. The van der Waals surface area contributed by atoms with E-state index >= 15 is 0 Å². The zero-order valence-electron chi connectivity index (χ0n) is 14.3. The lowest BCUT2D eigenvalue weighted by Crippen LogP contribution is -2.30. The molecule has 0 aromatic heterocycles. The van der Waals surface area contributed by atoms with E-state index in [1.165, 1.54) is 30.4 Å². The zero-order valence-corrected chi connectivity index (χ0v) is 14.3. The Morgan fingerprint density at radius 2 is 1.75 bits per heavy atom. The van der Waals surface area contributed by atoms with E-state index in [4.69, 9.17) is 0 Å². The third-order valence-corrected chi connectivity index (χ3v) is 3.89. The average Bonchev–Trinajstić information content (AvgIpc) is 2.34. The van der Waals surface area contributed by atoms with Gasteiger partial charge in [-0.2, -0.15) is 0 Å². The first-order valence-electron chi connectivity index (χ1n) is 8.06. The van der Waals surface area contributed by atoms with Gasteiger partial charge in [-0.05, 0) is 55.2 Å². The van der Waals surface area contributed by atoms with Crippen LogP contribution in [0.3, 0.4) is 0 Å². The van der Waals surface area contributed by atoms with Gasteiger partial charge in [-0.15, -0.1) is 0 Å². The summed E-state index contributed by atoms with van der Waals surface area (Å²) in [7, 11) is 0. The molecule has 0 heterocycles. The summed E-state index contributed by atoms with van der Waals surface area (Å²) in [6.07, 6.45) is 3.79. The average molecular weight is 275 g/mol. The maximum absolute atomic E-state index is 3.62. The molecule has 0 radical (unpaired) electrons. The molecule has 114 valence electrons. The summed E-state index contributed by atoms with van der Waals surface area (Å²) < 4.78 is 0. The summed E-state index contributed by atoms with van der Waals surface area (Å²) in [5, 5.41) is 3.62. The van der Waals surface area contributed by atoms with Crippen molar-refractivity contribution in [1.29, 1.82) is 0 Å². The molecular formula is C19H33N. The van der Waals surface area contributed by atoms with Crippen molar-refractivity contribution in [3.8, 4) is 0 Å². The fraction of sp³-hybridized carbons (Fsp3) is 0.684. The Hall–Kier alpha value is -0.820. The molecule has 0 aliphatic rings. The quantitative estimate of drug-likeness (QED) is 0.740. The fourth-order valence-corrected chi connectivity index (χ4v) is 2.47. The van der Waals surface area contributed by atoms with Crippen molar-refractivity contribution in [3.05, 3.63) is 35.4 Å². The van der Waals surface area contributed by atoms with Crippen LogP contribution in [0.1, 0.15) is 58.6 Å². The fourth-order valence-electron chi connectivity index (χ4n) is 2.47. The summed E-state index contributed by atoms with van der Waals surface area (Å²) in [6, 6.07) is 9.39. The van der Waals surface area contributed by atoms with Crippen molar-refractivity contribution in [2.24, 2.45) is 11.3 Å². The Morgan fingerprint density at radius 3 is 2.30 bits per heavy atom. The first-order chi connectivity index (χ1) is 9.28. The van der Waals surface area contributed by atoms with Crippen LogP contribution in [0.5, 0.6) is 0 Å². The van der Waals surface area contributed by atoms with Crippen LogP contribution in [0.4, 0.5) is 0 Å². The highest BCUT2D eigenvalue weighted by Crippen LogP contribution is 2.25. The number of nitrogens with one attached hydrogen (secondary N) is 1. The minimum absolute atomic E-state index is 0.432. The molecule has 0 spiro atoms. The van der Waals surface area contributed by atoms with E-state index in [1.807, 2.05) is 0 Å². The Balaban J connectivity index is 2.64. The van der Waals surface area contributed by atoms with E-state index in [0.717, 1.165) is 12.5 Å². The van der Waals surface area contributed by atoms with Gasteiger partial charge in [0.2, 0.25) is 0 Å².